The number of hydrogen-bond donors (Lipinski definition) is 1. The van der Waals surface area contributed by atoms with Crippen molar-refractivity contribution in [3.8, 4) is 0 Å². The van der Waals surface area contributed by atoms with Gasteiger partial charge in [0.25, 0.3) is 0 Å². The van der Waals surface area contributed by atoms with Gasteiger partial charge < -0.3 is 5.11 Å². The van der Waals surface area contributed by atoms with Crippen LogP contribution in [0.5, 0.6) is 0 Å². The lowest BCUT2D eigenvalue weighted by Gasteiger charge is -2.32. The Morgan fingerprint density at radius 2 is 1.68 bits per heavy atom. The minimum atomic E-state index is -0.982. The molecule has 1 nitrogen and oxygen atoms in total. The van der Waals surface area contributed by atoms with E-state index >= 15 is 0 Å². The van der Waals surface area contributed by atoms with Gasteiger partial charge in [0, 0.05) is 10.4 Å². The second-order valence-corrected chi connectivity index (χ2v) is 5.69. The highest BCUT2D eigenvalue weighted by atomic mass is 79.9. The molecule has 0 spiro atoms. The SMILES string of the molecule is C=C[C@@H](c1ccccc1)[C@](C)(O)c1ccc(Br)cc1. The zero-order valence-electron chi connectivity index (χ0n) is 10.9. The molecule has 2 heteroatoms. The molecule has 0 heterocycles. The van der Waals surface area contributed by atoms with Gasteiger partial charge in [-0.1, -0.05) is 64.5 Å². The van der Waals surface area contributed by atoms with Crippen LogP contribution in [0.25, 0.3) is 0 Å². The summed E-state index contributed by atoms with van der Waals surface area (Å²) in [5.41, 5.74) is 0.957. The molecule has 0 saturated heterocycles. The minimum Gasteiger partial charge on any atom is -0.384 e. The van der Waals surface area contributed by atoms with Crippen molar-refractivity contribution in [2.75, 3.05) is 0 Å². The molecule has 2 aromatic carbocycles. The Bertz CT molecular complexity index is 543. The molecule has 0 saturated carbocycles. The molecular weight excluding hydrogens is 300 g/mol. The summed E-state index contributed by atoms with van der Waals surface area (Å²) >= 11 is 3.41. The lowest BCUT2D eigenvalue weighted by molar-refractivity contribution is 0.0417. The Morgan fingerprint density at radius 1 is 1.11 bits per heavy atom. The van der Waals surface area contributed by atoms with Crippen molar-refractivity contribution in [1.82, 2.24) is 0 Å². The number of aliphatic hydroxyl groups is 1. The number of rotatable bonds is 4. The fourth-order valence-corrected chi connectivity index (χ4v) is 2.58. The van der Waals surface area contributed by atoms with Gasteiger partial charge >= 0.3 is 0 Å². The van der Waals surface area contributed by atoms with Crippen LogP contribution in [0.2, 0.25) is 0 Å². The maximum atomic E-state index is 10.9. The highest BCUT2D eigenvalue weighted by Gasteiger charge is 2.32. The van der Waals surface area contributed by atoms with Crippen LogP contribution in [-0.4, -0.2) is 5.11 Å². The van der Waals surface area contributed by atoms with Gasteiger partial charge in [-0.3, -0.25) is 0 Å². The standard InChI is InChI=1S/C17H17BrO/c1-3-16(13-7-5-4-6-8-13)17(2,19)14-9-11-15(18)12-10-14/h3-12,16,19H,1H2,2H3/t16-,17+/m0/s1. The molecule has 0 fully saturated rings. The third-order valence-corrected chi connectivity index (χ3v) is 3.96. The highest BCUT2D eigenvalue weighted by Crippen LogP contribution is 2.37. The number of hydrogen-bond acceptors (Lipinski definition) is 1. The molecule has 0 bridgehead atoms. The van der Waals surface area contributed by atoms with Crippen molar-refractivity contribution in [2.24, 2.45) is 0 Å². The average molecular weight is 317 g/mol. The molecule has 2 rings (SSSR count). The topological polar surface area (TPSA) is 20.2 Å². The van der Waals surface area contributed by atoms with E-state index in [1.54, 1.807) is 6.08 Å². The van der Waals surface area contributed by atoms with Gasteiger partial charge in [0.2, 0.25) is 0 Å². The van der Waals surface area contributed by atoms with Crippen LogP contribution in [0.4, 0.5) is 0 Å². The van der Waals surface area contributed by atoms with Crippen LogP contribution in [0, 0.1) is 0 Å². The summed E-state index contributed by atoms with van der Waals surface area (Å²) in [5, 5.41) is 10.9. The summed E-state index contributed by atoms with van der Waals surface area (Å²) in [7, 11) is 0. The van der Waals surface area contributed by atoms with E-state index in [1.807, 2.05) is 61.5 Å². The van der Waals surface area contributed by atoms with Gasteiger partial charge in [-0.2, -0.15) is 0 Å². The predicted octanol–water partition coefficient (Wildman–Crippen LogP) is 4.63. The zero-order chi connectivity index (χ0) is 13.9. The largest absolute Gasteiger partial charge is 0.384 e. The molecule has 0 unspecified atom stereocenters. The molecule has 19 heavy (non-hydrogen) atoms. The van der Waals surface area contributed by atoms with Crippen molar-refractivity contribution >= 4 is 15.9 Å². The molecule has 98 valence electrons. The summed E-state index contributed by atoms with van der Waals surface area (Å²) in [6.45, 7) is 5.71. The van der Waals surface area contributed by atoms with Crippen LogP contribution >= 0.6 is 15.9 Å². The van der Waals surface area contributed by atoms with E-state index in [0.717, 1.165) is 15.6 Å². The lowest BCUT2D eigenvalue weighted by Crippen LogP contribution is -2.28. The summed E-state index contributed by atoms with van der Waals surface area (Å²) < 4.78 is 1.00. The molecule has 0 amide bonds. The van der Waals surface area contributed by atoms with Crippen LogP contribution in [0.15, 0.2) is 71.7 Å². The molecule has 0 aliphatic rings. The van der Waals surface area contributed by atoms with Crippen LogP contribution < -0.4 is 0 Å². The lowest BCUT2D eigenvalue weighted by atomic mass is 9.79. The molecule has 0 radical (unpaired) electrons. The van der Waals surface area contributed by atoms with Crippen molar-refractivity contribution in [2.45, 2.75) is 18.4 Å². The first-order valence-electron chi connectivity index (χ1n) is 6.21. The second-order valence-electron chi connectivity index (χ2n) is 4.78. The van der Waals surface area contributed by atoms with Gasteiger partial charge in [0.05, 0.1) is 5.60 Å². The molecule has 2 atom stereocenters. The van der Waals surface area contributed by atoms with Crippen molar-refractivity contribution in [1.29, 1.82) is 0 Å². The first-order valence-corrected chi connectivity index (χ1v) is 7.01. The Balaban J connectivity index is 2.41. The highest BCUT2D eigenvalue weighted by molar-refractivity contribution is 9.10. The second kappa shape index (κ2) is 5.72. The van der Waals surface area contributed by atoms with E-state index in [9.17, 15) is 5.11 Å². The Morgan fingerprint density at radius 3 is 2.21 bits per heavy atom. The Hall–Kier alpha value is -1.38. The molecule has 0 aliphatic heterocycles. The smallest absolute Gasteiger partial charge is 0.0971 e. The summed E-state index contributed by atoms with van der Waals surface area (Å²) in [4.78, 5) is 0. The Labute approximate surface area is 122 Å². The van der Waals surface area contributed by atoms with E-state index in [0.29, 0.717) is 0 Å². The van der Waals surface area contributed by atoms with Crippen molar-refractivity contribution in [3.05, 3.63) is 82.9 Å². The van der Waals surface area contributed by atoms with E-state index in [-0.39, 0.29) is 5.92 Å². The summed E-state index contributed by atoms with van der Waals surface area (Å²) in [5.74, 6) is -0.144. The van der Waals surface area contributed by atoms with Gasteiger partial charge in [-0.25, -0.2) is 0 Å². The molecule has 0 aromatic heterocycles. The van der Waals surface area contributed by atoms with E-state index in [2.05, 4.69) is 22.5 Å². The van der Waals surface area contributed by atoms with E-state index in [4.69, 9.17) is 0 Å². The average Bonchev–Trinajstić information content (AvgIpc) is 2.41. The molecule has 0 aliphatic carbocycles. The van der Waals surface area contributed by atoms with Crippen molar-refractivity contribution in [3.63, 3.8) is 0 Å². The maximum absolute atomic E-state index is 10.9. The normalized spacial score (nSPS) is 15.5. The van der Waals surface area contributed by atoms with E-state index < -0.39 is 5.60 Å². The minimum absolute atomic E-state index is 0.144. The quantitative estimate of drug-likeness (QED) is 0.815. The number of benzene rings is 2. The fraction of sp³-hybridized carbons (Fsp3) is 0.176. The molecule has 2 aromatic rings. The zero-order valence-corrected chi connectivity index (χ0v) is 12.5. The first-order chi connectivity index (χ1) is 9.05. The third-order valence-electron chi connectivity index (χ3n) is 3.43. The van der Waals surface area contributed by atoms with Crippen LogP contribution in [-0.2, 0) is 5.60 Å². The molecule has 1 N–H and O–H groups in total. The van der Waals surface area contributed by atoms with Gasteiger partial charge in [0.1, 0.15) is 0 Å². The van der Waals surface area contributed by atoms with Gasteiger partial charge in [-0.15, -0.1) is 6.58 Å². The predicted molar refractivity (Wildman–Crippen MR) is 83.1 cm³/mol. The van der Waals surface area contributed by atoms with E-state index in [1.165, 1.54) is 0 Å². The molecular formula is C17H17BrO. The summed E-state index contributed by atoms with van der Waals surface area (Å²) in [6.07, 6.45) is 1.80. The first kappa shape index (κ1) is 14.0. The summed E-state index contributed by atoms with van der Waals surface area (Å²) in [6, 6.07) is 17.7. The van der Waals surface area contributed by atoms with Gasteiger partial charge in [-0.05, 0) is 30.2 Å². The third kappa shape index (κ3) is 2.96. The van der Waals surface area contributed by atoms with Crippen LogP contribution in [0.3, 0.4) is 0 Å². The fourth-order valence-electron chi connectivity index (χ4n) is 2.32. The Kier molecular flexibility index (Phi) is 4.23. The number of halogens is 1. The maximum Gasteiger partial charge on any atom is 0.0971 e. The van der Waals surface area contributed by atoms with Gasteiger partial charge in [0.15, 0.2) is 0 Å². The van der Waals surface area contributed by atoms with Crippen molar-refractivity contribution < 1.29 is 5.11 Å². The van der Waals surface area contributed by atoms with Crippen LogP contribution in [0.1, 0.15) is 24.0 Å². The monoisotopic (exact) mass is 316 g/mol.